The van der Waals surface area contributed by atoms with Crippen molar-refractivity contribution < 1.29 is 4.79 Å². The Kier molecular flexibility index (Phi) is 5.61. The summed E-state index contributed by atoms with van der Waals surface area (Å²) in [6.07, 6.45) is 3.18. The fraction of sp³-hybridized carbons (Fsp3) is 0.688. The molecule has 1 aromatic rings. The summed E-state index contributed by atoms with van der Waals surface area (Å²) in [6, 6.07) is 2.12. The summed E-state index contributed by atoms with van der Waals surface area (Å²) in [5, 5.41) is 5.54. The lowest BCUT2D eigenvalue weighted by atomic mass is 9.85. The molecule has 2 unspecified atom stereocenters. The lowest BCUT2D eigenvalue weighted by Gasteiger charge is -2.29. The molecular formula is C16H26N2OS. The highest BCUT2D eigenvalue weighted by Crippen LogP contribution is 2.24. The molecule has 4 heteroatoms. The molecule has 0 spiro atoms. The highest BCUT2D eigenvalue weighted by molar-refractivity contribution is 7.10. The van der Waals surface area contributed by atoms with Crippen LogP contribution in [0.3, 0.4) is 0 Å². The Bertz CT molecular complexity index is 437. The lowest BCUT2D eigenvalue weighted by Crippen LogP contribution is -2.36. The van der Waals surface area contributed by atoms with Gasteiger partial charge in [-0.2, -0.15) is 0 Å². The van der Waals surface area contributed by atoms with E-state index >= 15 is 0 Å². The van der Waals surface area contributed by atoms with Crippen molar-refractivity contribution in [2.75, 3.05) is 20.1 Å². The minimum atomic E-state index is 0.274. The number of nitrogens with zero attached hydrogens (tertiary/aromatic N) is 1. The predicted octanol–water partition coefficient (Wildman–Crippen LogP) is 3.04. The number of hydrogen-bond donors (Lipinski definition) is 1. The van der Waals surface area contributed by atoms with Gasteiger partial charge < -0.3 is 10.2 Å². The third kappa shape index (κ3) is 4.06. The Morgan fingerprint density at radius 1 is 1.60 bits per heavy atom. The second kappa shape index (κ2) is 7.23. The predicted molar refractivity (Wildman–Crippen MR) is 84.9 cm³/mol. The third-order valence-electron chi connectivity index (χ3n) is 4.41. The summed E-state index contributed by atoms with van der Waals surface area (Å²) in [4.78, 5) is 15.5. The second-order valence-corrected chi connectivity index (χ2v) is 7.07. The normalized spacial score (nSPS) is 20.6. The Hall–Kier alpha value is -0.870. The van der Waals surface area contributed by atoms with E-state index in [1.807, 2.05) is 11.9 Å². The monoisotopic (exact) mass is 294 g/mol. The molecule has 1 saturated heterocycles. The second-order valence-electron chi connectivity index (χ2n) is 6.06. The summed E-state index contributed by atoms with van der Waals surface area (Å²) in [5.74, 6) is 1.41. The van der Waals surface area contributed by atoms with Crippen molar-refractivity contribution in [2.24, 2.45) is 11.8 Å². The van der Waals surface area contributed by atoms with Gasteiger partial charge in [-0.25, -0.2) is 0 Å². The molecule has 0 radical (unpaired) electrons. The quantitative estimate of drug-likeness (QED) is 0.905. The largest absolute Gasteiger partial charge is 0.341 e. The molecule has 0 aromatic carbocycles. The Morgan fingerprint density at radius 2 is 2.40 bits per heavy atom. The van der Waals surface area contributed by atoms with Crippen molar-refractivity contribution >= 4 is 17.2 Å². The number of thiophene rings is 1. The zero-order valence-corrected chi connectivity index (χ0v) is 13.6. The minimum absolute atomic E-state index is 0.274. The number of aryl methyl sites for hydroxylation is 1. The van der Waals surface area contributed by atoms with Gasteiger partial charge in [-0.3, -0.25) is 4.79 Å². The molecular weight excluding hydrogens is 268 g/mol. The standard InChI is InChI=1S/C16H26N2OS/c1-12-6-8-20-15(12)11-18(3)16(19)9-13(2)14-5-4-7-17-10-14/h6,8,13-14,17H,4-5,7,9-11H2,1-3H3. The van der Waals surface area contributed by atoms with Crippen molar-refractivity contribution in [3.63, 3.8) is 0 Å². The van der Waals surface area contributed by atoms with Crippen molar-refractivity contribution in [2.45, 2.75) is 39.7 Å². The molecule has 2 heterocycles. The van der Waals surface area contributed by atoms with Crippen LogP contribution in [0.5, 0.6) is 0 Å². The molecule has 112 valence electrons. The van der Waals surface area contributed by atoms with Crippen LogP contribution in [-0.4, -0.2) is 30.9 Å². The maximum Gasteiger partial charge on any atom is 0.222 e. The summed E-state index contributed by atoms with van der Waals surface area (Å²) < 4.78 is 0. The SMILES string of the molecule is Cc1ccsc1CN(C)C(=O)CC(C)C1CCCNC1. The highest BCUT2D eigenvalue weighted by Gasteiger charge is 2.23. The van der Waals surface area contributed by atoms with Crippen LogP contribution in [0, 0.1) is 18.8 Å². The van der Waals surface area contributed by atoms with E-state index in [4.69, 9.17) is 0 Å². The first kappa shape index (κ1) is 15.5. The van der Waals surface area contributed by atoms with Crippen molar-refractivity contribution in [3.8, 4) is 0 Å². The van der Waals surface area contributed by atoms with Gasteiger partial charge in [0, 0.05) is 18.3 Å². The molecule has 3 nitrogen and oxygen atoms in total. The van der Waals surface area contributed by atoms with Gasteiger partial charge in [0.1, 0.15) is 0 Å². The van der Waals surface area contributed by atoms with Gasteiger partial charge in [0.25, 0.3) is 0 Å². The van der Waals surface area contributed by atoms with Crippen LogP contribution in [0.25, 0.3) is 0 Å². The number of carbonyl (C=O) groups is 1. The van der Waals surface area contributed by atoms with Gasteiger partial charge in [-0.05, 0) is 61.7 Å². The molecule has 1 aliphatic heterocycles. The van der Waals surface area contributed by atoms with Gasteiger partial charge in [-0.1, -0.05) is 6.92 Å². The molecule has 2 rings (SSSR count). The van der Waals surface area contributed by atoms with Crippen molar-refractivity contribution in [3.05, 3.63) is 21.9 Å². The summed E-state index contributed by atoms with van der Waals surface area (Å²) in [7, 11) is 1.92. The Labute approximate surface area is 126 Å². The van der Waals surface area contributed by atoms with Crippen molar-refractivity contribution in [1.82, 2.24) is 10.2 Å². The average molecular weight is 294 g/mol. The lowest BCUT2D eigenvalue weighted by molar-refractivity contribution is -0.131. The molecule has 1 aliphatic rings. The maximum absolute atomic E-state index is 12.3. The van der Waals surface area contributed by atoms with Crippen molar-refractivity contribution in [1.29, 1.82) is 0 Å². The van der Waals surface area contributed by atoms with Gasteiger partial charge in [0.05, 0.1) is 6.54 Å². The molecule has 1 amide bonds. The van der Waals surface area contributed by atoms with Crippen LogP contribution in [0.2, 0.25) is 0 Å². The zero-order chi connectivity index (χ0) is 14.5. The van der Waals surface area contributed by atoms with Crippen LogP contribution in [-0.2, 0) is 11.3 Å². The Morgan fingerprint density at radius 3 is 3.00 bits per heavy atom. The third-order valence-corrected chi connectivity index (χ3v) is 5.42. The zero-order valence-electron chi connectivity index (χ0n) is 12.8. The fourth-order valence-electron chi connectivity index (χ4n) is 2.83. The first-order chi connectivity index (χ1) is 9.58. The number of amides is 1. The first-order valence-corrected chi connectivity index (χ1v) is 8.43. The molecule has 20 heavy (non-hydrogen) atoms. The first-order valence-electron chi connectivity index (χ1n) is 7.55. The van der Waals surface area contributed by atoms with Crippen LogP contribution in [0.15, 0.2) is 11.4 Å². The van der Waals surface area contributed by atoms with Gasteiger partial charge in [0.2, 0.25) is 5.91 Å². The number of hydrogen-bond acceptors (Lipinski definition) is 3. The maximum atomic E-state index is 12.3. The smallest absolute Gasteiger partial charge is 0.222 e. The van der Waals surface area contributed by atoms with Crippen LogP contribution >= 0.6 is 11.3 Å². The molecule has 2 atom stereocenters. The fourth-order valence-corrected chi connectivity index (χ4v) is 3.79. The summed E-state index contributed by atoms with van der Waals surface area (Å²) in [5.41, 5.74) is 1.29. The van der Waals surface area contributed by atoms with Gasteiger partial charge in [-0.15, -0.1) is 11.3 Å². The van der Waals surface area contributed by atoms with Crippen LogP contribution in [0.1, 0.15) is 36.6 Å². The number of piperidine rings is 1. The van der Waals surface area contributed by atoms with E-state index in [1.165, 1.54) is 23.3 Å². The van der Waals surface area contributed by atoms with E-state index in [2.05, 4.69) is 30.6 Å². The van der Waals surface area contributed by atoms with Gasteiger partial charge >= 0.3 is 0 Å². The number of nitrogens with one attached hydrogen (secondary N) is 1. The average Bonchev–Trinajstić information content (AvgIpc) is 2.85. The van der Waals surface area contributed by atoms with E-state index in [9.17, 15) is 4.79 Å². The molecule has 0 bridgehead atoms. The van der Waals surface area contributed by atoms with Crippen LogP contribution in [0.4, 0.5) is 0 Å². The molecule has 0 aliphatic carbocycles. The summed E-state index contributed by atoms with van der Waals surface area (Å²) in [6.45, 7) is 7.29. The number of rotatable bonds is 5. The minimum Gasteiger partial charge on any atom is -0.341 e. The van der Waals surface area contributed by atoms with E-state index in [0.717, 1.165) is 19.6 Å². The van der Waals surface area contributed by atoms with E-state index in [0.29, 0.717) is 18.3 Å². The molecule has 1 N–H and O–H groups in total. The highest BCUT2D eigenvalue weighted by atomic mass is 32.1. The topological polar surface area (TPSA) is 32.3 Å². The molecule has 0 saturated carbocycles. The van der Waals surface area contributed by atoms with E-state index in [-0.39, 0.29) is 5.91 Å². The van der Waals surface area contributed by atoms with E-state index < -0.39 is 0 Å². The summed E-state index contributed by atoms with van der Waals surface area (Å²) >= 11 is 1.74. The molecule has 1 aromatic heterocycles. The Balaban J connectivity index is 1.82. The van der Waals surface area contributed by atoms with Gasteiger partial charge in [0.15, 0.2) is 0 Å². The molecule has 1 fully saturated rings. The van der Waals surface area contributed by atoms with E-state index in [1.54, 1.807) is 11.3 Å². The number of carbonyl (C=O) groups excluding carboxylic acids is 1. The van der Waals surface area contributed by atoms with Crippen LogP contribution < -0.4 is 5.32 Å².